The maximum Gasteiger partial charge on any atom is 0.326 e. The Morgan fingerprint density at radius 3 is 2.56 bits per heavy atom. The van der Waals surface area contributed by atoms with Crippen molar-refractivity contribution in [2.24, 2.45) is 0 Å². The van der Waals surface area contributed by atoms with Crippen molar-refractivity contribution in [3.63, 3.8) is 0 Å². The van der Waals surface area contributed by atoms with Crippen LogP contribution in [0.5, 0.6) is 0 Å². The molecule has 2 atom stereocenters. The van der Waals surface area contributed by atoms with Crippen molar-refractivity contribution < 1.29 is 19.5 Å². The van der Waals surface area contributed by atoms with E-state index < -0.39 is 12.0 Å². The van der Waals surface area contributed by atoms with Gasteiger partial charge in [-0.2, -0.15) is 0 Å². The van der Waals surface area contributed by atoms with Gasteiger partial charge in [-0.25, -0.2) is 4.79 Å². The smallest absolute Gasteiger partial charge is 0.326 e. The summed E-state index contributed by atoms with van der Waals surface area (Å²) in [4.78, 5) is 34.9. The van der Waals surface area contributed by atoms with Gasteiger partial charge in [0.15, 0.2) is 6.29 Å². The van der Waals surface area contributed by atoms with Crippen LogP contribution in [-0.4, -0.2) is 41.9 Å². The number of carboxylic acids is 1. The first-order chi connectivity index (χ1) is 13.1. The molecule has 3 N–H and O–H groups in total. The van der Waals surface area contributed by atoms with Gasteiger partial charge in [0.1, 0.15) is 6.04 Å². The van der Waals surface area contributed by atoms with E-state index in [4.69, 9.17) is 0 Å². The van der Waals surface area contributed by atoms with E-state index in [9.17, 15) is 19.5 Å². The van der Waals surface area contributed by atoms with Crippen molar-refractivity contribution >= 4 is 18.2 Å². The minimum atomic E-state index is -1.06. The van der Waals surface area contributed by atoms with Gasteiger partial charge in [-0.1, -0.05) is 48.5 Å². The number of hydrogen-bond acceptors (Lipinski definition) is 4. The van der Waals surface area contributed by atoms with Crippen molar-refractivity contribution in [1.29, 1.82) is 0 Å². The predicted octanol–water partition coefficient (Wildman–Crippen LogP) is 2.03. The second-order valence-electron chi connectivity index (χ2n) is 6.65. The number of carboxylic acid groups (broad SMARTS) is 1. The first-order valence-electron chi connectivity index (χ1n) is 8.98. The lowest BCUT2D eigenvalue weighted by molar-refractivity contribution is -0.142. The fourth-order valence-corrected chi connectivity index (χ4v) is 3.30. The highest BCUT2D eigenvalue weighted by Crippen LogP contribution is 2.23. The molecule has 2 aromatic carbocycles. The lowest BCUT2D eigenvalue weighted by Crippen LogP contribution is -2.49. The fraction of sp³-hybridized carbons (Fsp3) is 0.286. The number of carbonyl (C=O) groups is 3. The number of carbonyl (C=O) groups excluding carboxylic acids is 2. The number of benzene rings is 2. The van der Waals surface area contributed by atoms with Crippen molar-refractivity contribution in [2.45, 2.75) is 31.3 Å². The molecule has 1 heterocycles. The normalized spacial score (nSPS) is 17.3. The van der Waals surface area contributed by atoms with Gasteiger partial charge < -0.3 is 15.7 Å². The Morgan fingerprint density at radius 2 is 1.93 bits per heavy atom. The van der Waals surface area contributed by atoms with Gasteiger partial charge in [0.05, 0.1) is 6.04 Å². The topological polar surface area (TPSA) is 95.5 Å². The molecule has 2 aromatic rings. The Kier molecular flexibility index (Phi) is 5.98. The number of nitrogens with one attached hydrogen (secondary N) is 2. The minimum absolute atomic E-state index is 0.198. The number of aldehydes is 1. The molecule has 1 fully saturated rings. The van der Waals surface area contributed by atoms with Gasteiger partial charge in [-0.15, -0.1) is 0 Å². The van der Waals surface area contributed by atoms with E-state index in [-0.39, 0.29) is 18.4 Å². The summed E-state index contributed by atoms with van der Waals surface area (Å²) in [6.45, 7) is 0.777. The van der Waals surface area contributed by atoms with Gasteiger partial charge in [0.25, 0.3) is 0 Å². The molecule has 0 spiro atoms. The molecule has 0 saturated carbocycles. The van der Waals surface area contributed by atoms with Crippen LogP contribution in [0.3, 0.4) is 0 Å². The summed E-state index contributed by atoms with van der Waals surface area (Å²) < 4.78 is 0. The SMILES string of the molecule is O=Cc1ccccc1-c1ccc(C[C@H](NC(=O)[C@@H]2CCCN2)C(=O)O)cc1. The summed E-state index contributed by atoms with van der Waals surface area (Å²) >= 11 is 0. The molecule has 6 heteroatoms. The van der Waals surface area contributed by atoms with E-state index in [1.165, 1.54) is 0 Å². The van der Waals surface area contributed by atoms with Crippen molar-refractivity contribution in [2.75, 3.05) is 6.54 Å². The minimum Gasteiger partial charge on any atom is -0.480 e. The standard InChI is InChI=1S/C21H22N2O4/c24-13-16-4-1-2-5-17(16)15-9-7-14(8-10-15)12-19(21(26)27)23-20(25)18-6-3-11-22-18/h1-2,4-5,7-10,13,18-19,22H,3,6,11-12H2,(H,23,25)(H,26,27)/t18-,19-/m0/s1. The van der Waals surface area contributed by atoms with Crippen LogP contribution < -0.4 is 10.6 Å². The van der Waals surface area contributed by atoms with Gasteiger partial charge >= 0.3 is 5.97 Å². The van der Waals surface area contributed by atoms with Crippen LogP contribution in [0.15, 0.2) is 48.5 Å². The van der Waals surface area contributed by atoms with E-state index in [0.29, 0.717) is 5.56 Å². The largest absolute Gasteiger partial charge is 0.480 e. The molecular formula is C21H22N2O4. The summed E-state index contributed by atoms with van der Waals surface area (Å²) in [6, 6.07) is 13.4. The molecule has 0 unspecified atom stereocenters. The summed E-state index contributed by atoms with van der Waals surface area (Å²) in [5, 5.41) is 15.1. The highest BCUT2D eigenvalue weighted by atomic mass is 16.4. The summed E-state index contributed by atoms with van der Waals surface area (Å²) in [5.74, 6) is -1.33. The molecule has 0 aromatic heterocycles. The van der Waals surface area contributed by atoms with Gasteiger partial charge in [0, 0.05) is 12.0 Å². The van der Waals surface area contributed by atoms with Crippen LogP contribution in [-0.2, 0) is 16.0 Å². The van der Waals surface area contributed by atoms with E-state index in [1.54, 1.807) is 12.1 Å². The Balaban J connectivity index is 1.70. The molecule has 1 amide bonds. The lowest BCUT2D eigenvalue weighted by atomic mass is 9.97. The zero-order valence-corrected chi connectivity index (χ0v) is 14.9. The maximum atomic E-state index is 12.2. The van der Waals surface area contributed by atoms with Crippen LogP contribution in [0, 0.1) is 0 Å². The highest BCUT2D eigenvalue weighted by molar-refractivity contribution is 5.88. The lowest BCUT2D eigenvalue weighted by Gasteiger charge is -2.18. The number of hydrogen-bond donors (Lipinski definition) is 3. The first kappa shape index (κ1) is 18.8. The van der Waals surface area contributed by atoms with Gasteiger partial charge in [-0.05, 0) is 36.1 Å². The van der Waals surface area contributed by atoms with Crippen LogP contribution in [0.25, 0.3) is 11.1 Å². The molecular weight excluding hydrogens is 344 g/mol. The summed E-state index contributed by atoms with van der Waals surface area (Å²) in [7, 11) is 0. The molecule has 1 saturated heterocycles. The monoisotopic (exact) mass is 366 g/mol. The third kappa shape index (κ3) is 4.60. The molecule has 0 bridgehead atoms. The van der Waals surface area contributed by atoms with E-state index in [1.807, 2.05) is 36.4 Å². The molecule has 140 valence electrons. The van der Waals surface area contributed by atoms with E-state index in [2.05, 4.69) is 10.6 Å². The van der Waals surface area contributed by atoms with Crippen LogP contribution in [0.2, 0.25) is 0 Å². The molecule has 1 aliphatic heterocycles. The third-order valence-corrected chi connectivity index (χ3v) is 4.78. The van der Waals surface area contributed by atoms with Crippen molar-refractivity contribution in [1.82, 2.24) is 10.6 Å². The molecule has 6 nitrogen and oxygen atoms in total. The average Bonchev–Trinajstić information content (AvgIpc) is 3.23. The van der Waals surface area contributed by atoms with Gasteiger partial charge in [-0.3, -0.25) is 9.59 Å². The van der Waals surface area contributed by atoms with Gasteiger partial charge in [0.2, 0.25) is 5.91 Å². The zero-order valence-electron chi connectivity index (χ0n) is 14.9. The number of amides is 1. The number of aliphatic carboxylic acids is 1. The predicted molar refractivity (Wildman–Crippen MR) is 102 cm³/mol. The quantitative estimate of drug-likeness (QED) is 0.652. The highest BCUT2D eigenvalue weighted by Gasteiger charge is 2.27. The fourth-order valence-electron chi connectivity index (χ4n) is 3.30. The Morgan fingerprint density at radius 1 is 1.19 bits per heavy atom. The molecule has 0 radical (unpaired) electrons. The maximum absolute atomic E-state index is 12.2. The zero-order chi connectivity index (χ0) is 19.2. The van der Waals surface area contributed by atoms with E-state index in [0.717, 1.165) is 42.4 Å². The third-order valence-electron chi connectivity index (χ3n) is 4.78. The van der Waals surface area contributed by atoms with Crippen molar-refractivity contribution in [3.8, 4) is 11.1 Å². The molecule has 0 aliphatic carbocycles. The van der Waals surface area contributed by atoms with Crippen LogP contribution >= 0.6 is 0 Å². The summed E-state index contributed by atoms with van der Waals surface area (Å²) in [5.41, 5.74) is 3.11. The molecule has 1 aliphatic rings. The molecule has 3 rings (SSSR count). The first-order valence-corrected chi connectivity index (χ1v) is 8.98. The van der Waals surface area contributed by atoms with Crippen molar-refractivity contribution in [3.05, 3.63) is 59.7 Å². The van der Waals surface area contributed by atoms with E-state index >= 15 is 0 Å². The molecule has 27 heavy (non-hydrogen) atoms. The van der Waals surface area contributed by atoms with Crippen LogP contribution in [0.4, 0.5) is 0 Å². The van der Waals surface area contributed by atoms with Crippen LogP contribution in [0.1, 0.15) is 28.8 Å². The Hall–Kier alpha value is -2.99. The second-order valence-corrected chi connectivity index (χ2v) is 6.65. The Labute approximate surface area is 157 Å². The second kappa shape index (κ2) is 8.60. The number of rotatable bonds is 7. The average molecular weight is 366 g/mol. The summed E-state index contributed by atoms with van der Waals surface area (Å²) in [6.07, 6.45) is 2.66. The Bertz CT molecular complexity index is 826.